The molecule has 0 aliphatic carbocycles. The van der Waals surface area contributed by atoms with E-state index in [-0.39, 0.29) is 29.2 Å². The SMILES string of the molecule is CCOC(=O)c1ccc(O)c(C#N)c1OC. The standard InChI is InChI=1S/C11H11NO4/c1-3-16-11(14)7-4-5-9(13)8(6-12)10(7)15-2/h4-5,13H,3H2,1-2H3. The Morgan fingerprint density at radius 2 is 2.25 bits per heavy atom. The van der Waals surface area contributed by atoms with Gasteiger partial charge in [0.25, 0.3) is 0 Å². The molecule has 5 nitrogen and oxygen atoms in total. The van der Waals surface area contributed by atoms with Crippen molar-refractivity contribution in [3.63, 3.8) is 0 Å². The van der Waals surface area contributed by atoms with Crippen LogP contribution in [0.4, 0.5) is 0 Å². The highest BCUT2D eigenvalue weighted by atomic mass is 16.5. The Balaban J connectivity index is 3.31. The second kappa shape index (κ2) is 5.03. The van der Waals surface area contributed by atoms with Gasteiger partial charge in [0.15, 0.2) is 5.75 Å². The molecule has 0 radical (unpaired) electrons. The van der Waals surface area contributed by atoms with Crippen molar-refractivity contribution in [1.82, 2.24) is 0 Å². The number of hydrogen-bond donors (Lipinski definition) is 1. The second-order valence-electron chi connectivity index (χ2n) is 2.87. The maximum absolute atomic E-state index is 11.5. The lowest BCUT2D eigenvalue weighted by atomic mass is 10.1. The Bertz CT molecular complexity index is 448. The van der Waals surface area contributed by atoms with E-state index >= 15 is 0 Å². The smallest absolute Gasteiger partial charge is 0.341 e. The number of carbonyl (C=O) groups excluding carboxylic acids is 1. The number of nitrogens with zero attached hydrogens (tertiary/aromatic N) is 1. The molecular formula is C11H11NO4. The molecule has 0 spiro atoms. The summed E-state index contributed by atoms with van der Waals surface area (Å²) in [4.78, 5) is 11.5. The highest BCUT2D eigenvalue weighted by Crippen LogP contribution is 2.31. The zero-order valence-corrected chi connectivity index (χ0v) is 8.98. The summed E-state index contributed by atoms with van der Waals surface area (Å²) in [5.41, 5.74) is 0.0479. The predicted molar refractivity (Wildman–Crippen MR) is 55.3 cm³/mol. The number of hydrogen-bond acceptors (Lipinski definition) is 5. The average molecular weight is 221 g/mol. The Kier molecular flexibility index (Phi) is 3.72. The van der Waals surface area contributed by atoms with Crippen molar-refractivity contribution in [3.05, 3.63) is 23.3 Å². The Labute approximate surface area is 92.8 Å². The maximum atomic E-state index is 11.5. The van der Waals surface area contributed by atoms with E-state index in [9.17, 15) is 9.90 Å². The molecule has 84 valence electrons. The first kappa shape index (κ1) is 11.9. The average Bonchev–Trinajstić information content (AvgIpc) is 2.28. The highest BCUT2D eigenvalue weighted by Gasteiger charge is 2.19. The first-order valence-corrected chi connectivity index (χ1v) is 4.62. The molecule has 0 aliphatic heterocycles. The minimum Gasteiger partial charge on any atom is -0.506 e. The number of aromatic hydroxyl groups is 1. The maximum Gasteiger partial charge on any atom is 0.341 e. The molecule has 0 aliphatic rings. The van der Waals surface area contributed by atoms with E-state index in [0.29, 0.717) is 0 Å². The van der Waals surface area contributed by atoms with E-state index in [1.807, 2.05) is 0 Å². The Hall–Kier alpha value is -2.22. The molecule has 1 aromatic rings. The molecule has 0 amide bonds. The number of rotatable bonds is 3. The van der Waals surface area contributed by atoms with Crippen molar-refractivity contribution in [2.24, 2.45) is 0 Å². The van der Waals surface area contributed by atoms with Crippen LogP contribution in [0.3, 0.4) is 0 Å². The van der Waals surface area contributed by atoms with Crippen molar-refractivity contribution in [3.8, 4) is 17.6 Å². The summed E-state index contributed by atoms with van der Waals surface area (Å²) in [7, 11) is 1.32. The van der Waals surface area contributed by atoms with Crippen LogP contribution < -0.4 is 4.74 Å². The molecule has 0 aromatic heterocycles. The van der Waals surface area contributed by atoms with E-state index in [1.165, 1.54) is 19.2 Å². The van der Waals surface area contributed by atoms with Crippen LogP contribution in [0.5, 0.6) is 11.5 Å². The molecule has 0 fully saturated rings. The quantitative estimate of drug-likeness (QED) is 0.781. The first-order chi connectivity index (χ1) is 7.65. The van der Waals surface area contributed by atoms with Crippen molar-refractivity contribution in [2.75, 3.05) is 13.7 Å². The van der Waals surface area contributed by atoms with Gasteiger partial charge in [-0.1, -0.05) is 0 Å². The minimum atomic E-state index is -0.587. The van der Waals surface area contributed by atoms with E-state index in [4.69, 9.17) is 14.7 Å². The third kappa shape index (κ3) is 2.06. The van der Waals surface area contributed by atoms with Gasteiger partial charge in [-0.25, -0.2) is 4.79 Å². The fourth-order valence-corrected chi connectivity index (χ4v) is 1.26. The molecule has 5 heteroatoms. The second-order valence-corrected chi connectivity index (χ2v) is 2.87. The lowest BCUT2D eigenvalue weighted by Crippen LogP contribution is -2.07. The predicted octanol–water partition coefficient (Wildman–Crippen LogP) is 1.45. The van der Waals surface area contributed by atoms with Crippen molar-refractivity contribution >= 4 is 5.97 Å². The van der Waals surface area contributed by atoms with Crippen LogP contribution in [0.2, 0.25) is 0 Å². The van der Waals surface area contributed by atoms with Gasteiger partial charge in [-0.2, -0.15) is 5.26 Å². The van der Waals surface area contributed by atoms with Crippen molar-refractivity contribution in [1.29, 1.82) is 5.26 Å². The number of methoxy groups -OCH3 is 1. The lowest BCUT2D eigenvalue weighted by molar-refractivity contribution is 0.0522. The fourth-order valence-electron chi connectivity index (χ4n) is 1.26. The summed E-state index contributed by atoms with van der Waals surface area (Å²) in [6.07, 6.45) is 0. The van der Waals surface area contributed by atoms with E-state index < -0.39 is 5.97 Å². The van der Waals surface area contributed by atoms with Crippen LogP contribution in [0.1, 0.15) is 22.8 Å². The molecule has 0 saturated carbocycles. The van der Waals surface area contributed by atoms with Gasteiger partial charge in [0.1, 0.15) is 22.9 Å². The number of esters is 1. The highest BCUT2D eigenvalue weighted by molar-refractivity contribution is 5.94. The van der Waals surface area contributed by atoms with Crippen LogP contribution in [-0.2, 0) is 4.74 Å². The molecule has 1 rings (SSSR count). The number of carbonyl (C=O) groups is 1. The van der Waals surface area contributed by atoms with Gasteiger partial charge in [-0.15, -0.1) is 0 Å². The van der Waals surface area contributed by atoms with Crippen LogP contribution >= 0.6 is 0 Å². The topological polar surface area (TPSA) is 79.5 Å². The Morgan fingerprint density at radius 3 is 2.75 bits per heavy atom. The van der Waals surface area contributed by atoms with Crippen LogP contribution in [-0.4, -0.2) is 24.8 Å². The number of phenolic OH excluding ortho intramolecular Hbond substituents is 1. The summed E-state index contributed by atoms with van der Waals surface area (Å²) < 4.78 is 9.73. The zero-order chi connectivity index (χ0) is 12.1. The van der Waals surface area contributed by atoms with E-state index in [1.54, 1.807) is 13.0 Å². The van der Waals surface area contributed by atoms with Crippen LogP contribution in [0.15, 0.2) is 12.1 Å². The summed E-state index contributed by atoms with van der Waals surface area (Å²) in [5.74, 6) is -0.788. The number of nitriles is 1. The summed E-state index contributed by atoms with van der Waals surface area (Å²) >= 11 is 0. The monoisotopic (exact) mass is 221 g/mol. The molecule has 1 aromatic carbocycles. The van der Waals surface area contributed by atoms with Gasteiger partial charge in [-0.05, 0) is 19.1 Å². The van der Waals surface area contributed by atoms with Crippen LogP contribution in [0, 0.1) is 11.3 Å². The van der Waals surface area contributed by atoms with E-state index in [0.717, 1.165) is 0 Å². The van der Waals surface area contributed by atoms with Gasteiger partial charge in [0.2, 0.25) is 0 Å². The Morgan fingerprint density at radius 1 is 1.56 bits per heavy atom. The molecule has 16 heavy (non-hydrogen) atoms. The molecule has 1 N–H and O–H groups in total. The largest absolute Gasteiger partial charge is 0.506 e. The number of phenols is 1. The van der Waals surface area contributed by atoms with E-state index in [2.05, 4.69) is 0 Å². The van der Waals surface area contributed by atoms with Gasteiger partial charge in [0, 0.05) is 0 Å². The number of benzene rings is 1. The van der Waals surface area contributed by atoms with Crippen LogP contribution in [0.25, 0.3) is 0 Å². The van der Waals surface area contributed by atoms with Gasteiger partial charge in [-0.3, -0.25) is 0 Å². The molecule has 0 heterocycles. The lowest BCUT2D eigenvalue weighted by Gasteiger charge is -2.09. The summed E-state index contributed by atoms with van der Waals surface area (Å²) in [5, 5.41) is 18.2. The number of ether oxygens (including phenoxy) is 2. The van der Waals surface area contributed by atoms with Gasteiger partial charge in [0.05, 0.1) is 13.7 Å². The molecule has 0 unspecified atom stereocenters. The molecule has 0 atom stereocenters. The molecule has 0 saturated heterocycles. The third-order valence-electron chi connectivity index (χ3n) is 1.95. The summed E-state index contributed by atoms with van der Waals surface area (Å²) in [6, 6.07) is 4.38. The zero-order valence-electron chi connectivity index (χ0n) is 8.98. The first-order valence-electron chi connectivity index (χ1n) is 4.62. The fraction of sp³-hybridized carbons (Fsp3) is 0.273. The van der Waals surface area contributed by atoms with Gasteiger partial charge >= 0.3 is 5.97 Å². The normalized spacial score (nSPS) is 9.31. The summed E-state index contributed by atoms with van der Waals surface area (Å²) in [6.45, 7) is 1.90. The third-order valence-corrected chi connectivity index (χ3v) is 1.95. The van der Waals surface area contributed by atoms with Gasteiger partial charge < -0.3 is 14.6 Å². The minimum absolute atomic E-state index is 0.0287. The molecular weight excluding hydrogens is 210 g/mol. The van der Waals surface area contributed by atoms with Crippen molar-refractivity contribution in [2.45, 2.75) is 6.92 Å². The molecule has 0 bridgehead atoms. The van der Waals surface area contributed by atoms with Crippen molar-refractivity contribution < 1.29 is 19.4 Å².